The number of nitrogens with zero attached hydrogens (tertiary/aromatic N) is 1. The summed E-state index contributed by atoms with van der Waals surface area (Å²) in [6, 6.07) is 17.2. The summed E-state index contributed by atoms with van der Waals surface area (Å²) in [5.41, 5.74) is 2.69. The highest BCUT2D eigenvalue weighted by atomic mass is 32.1. The van der Waals surface area contributed by atoms with Gasteiger partial charge in [0.15, 0.2) is 11.7 Å². The lowest BCUT2D eigenvalue weighted by molar-refractivity contribution is -0.142. The van der Waals surface area contributed by atoms with Gasteiger partial charge in [-0.1, -0.05) is 49.4 Å². The number of amides is 1. The topological polar surface area (TPSA) is 77.5 Å². The minimum atomic E-state index is -0.324. The largest absolute Gasteiger partial charge is 0.484 e. The molecule has 1 amide bonds. The number of carbonyl (C=O) groups excluding carboxylic acids is 2. The highest BCUT2D eigenvalue weighted by Crippen LogP contribution is 2.31. The molecular weight excluding hydrogens is 400 g/mol. The molecule has 0 unspecified atom stereocenters. The fourth-order valence-electron chi connectivity index (χ4n) is 2.85. The van der Waals surface area contributed by atoms with E-state index >= 15 is 0 Å². The van der Waals surface area contributed by atoms with Gasteiger partial charge in [-0.3, -0.25) is 14.9 Å². The number of hydrogen-bond donors (Lipinski definition) is 1. The summed E-state index contributed by atoms with van der Waals surface area (Å²) in [6.07, 6.45) is 1.000. The summed E-state index contributed by atoms with van der Waals surface area (Å²) in [7, 11) is 0. The molecule has 1 N–H and O–H groups in total. The van der Waals surface area contributed by atoms with Crippen LogP contribution in [-0.2, 0) is 27.2 Å². The van der Waals surface area contributed by atoms with E-state index in [1.54, 1.807) is 6.92 Å². The summed E-state index contributed by atoms with van der Waals surface area (Å²) >= 11 is 1.27. The first-order valence-electron chi connectivity index (χ1n) is 9.81. The molecule has 2 aromatic carbocycles. The van der Waals surface area contributed by atoms with Crippen molar-refractivity contribution in [3.05, 3.63) is 65.0 Å². The molecule has 1 heterocycles. The Kier molecular flexibility index (Phi) is 7.57. The maximum atomic E-state index is 12.4. The van der Waals surface area contributed by atoms with Crippen molar-refractivity contribution in [1.29, 1.82) is 0 Å². The van der Waals surface area contributed by atoms with Gasteiger partial charge in [0.25, 0.3) is 5.91 Å². The Morgan fingerprint density at radius 3 is 2.60 bits per heavy atom. The molecular formula is C23H24N2O4S. The van der Waals surface area contributed by atoms with E-state index in [1.807, 2.05) is 54.6 Å². The second kappa shape index (κ2) is 10.5. The Bertz CT molecular complexity index is 1000. The molecule has 0 saturated heterocycles. The minimum Gasteiger partial charge on any atom is -0.484 e. The van der Waals surface area contributed by atoms with Gasteiger partial charge in [0.05, 0.1) is 18.7 Å². The third-order valence-electron chi connectivity index (χ3n) is 4.28. The first kappa shape index (κ1) is 21.5. The highest BCUT2D eigenvalue weighted by Gasteiger charge is 2.18. The Labute approximate surface area is 179 Å². The molecule has 0 saturated carbocycles. The van der Waals surface area contributed by atoms with E-state index in [1.165, 1.54) is 11.3 Å². The number of esters is 1. The SMILES string of the molecule is CCOC(=O)Cc1sc(NC(=O)COc2cccc(CC)c2)nc1-c1ccccc1. The van der Waals surface area contributed by atoms with E-state index in [0.717, 1.165) is 22.4 Å². The normalized spacial score (nSPS) is 10.5. The van der Waals surface area contributed by atoms with Gasteiger partial charge in [-0.15, -0.1) is 11.3 Å². The number of nitrogens with one attached hydrogen (secondary N) is 1. The number of thiazole rings is 1. The van der Waals surface area contributed by atoms with Crippen LogP contribution in [0.3, 0.4) is 0 Å². The van der Waals surface area contributed by atoms with Crippen LogP contribution in [-0.4, -0.2) is 30.1 Å². The third-order valence-corrected chi connectivity index (χ3v) is 5.25. The number of aryl methyl sites for hydroxylation is 1. The van der Waals surface area contributed by atoms with Crippen molar-refractivity contribution < 1.29 is 19.1 Å². The first-order valence-corrected chi connectivity index (χ1v) is 10.6. The van der Waals surface area contributed by atoms with Crippen molar-refractivity contribution in [1.82, 2.24) is 4.98 Å². The molecule has 0 aliphatic carbocycles. The molecule has 3 aromatic rings. The van der Waals surface area contributed by atoms with Crippen LogP contribution in [0.2, 0.25) is 0 Å². The summed E-state index contributed by atoms with van der Waals surface area (Å²) in [5, 5.41) is 3.19. The van der Waals surface area contributed by atoms with Gasteiger partial charge in [0, 0.05) is 10.4 Å². The minimum absolute atomic E-state index is 0.103. The van der Waals surface area contributed by atoms with Crippen LogP contribution in [0.1, 0.15) is 24.3 Å². The van der Waals surface area contributed by atoms with Crippen molar-refractivity contribution >= 4 is 28.3 Å². The van der Waals surface area contributed by atoms with Crippen LogP contribution in [0.15, 0.2) is 54.6 Å². The van der Waals surface area contributed by atoms with E-state index in [0.29, 0.717) is 23.2 Å². The number of ether oxygens (including phenoxy) is 2. The van der Waals surface area contributed by atoms with Gasteiger partial charge >= 0.3 is 5.97 Å². The van der Waals surface area contributed by atoms with E-state index in [9.17, 15) is 9.59 Å². The molecule has 1 aromatic heterocycles. The van der Waals surface area contributed by atoms with Crippen LogP contribution >= 0.6 is 11.3 Å². The lowest BCUT2D eigenvalue weighted by atomic mass is 10.1. The summed E-state index contributed by atoms with van der Waals surface area (Å²) < 4.78 is 10.7. The van der Waals surface area contributed by atoms with Crippen LogP contribution in [0, 0.1) is 0 Å². The van der Waals surface area contributed by atoms with Crippen LogP contribution < -0.4 is 10.1 Å². The average Bonchev–Trinajstić information content (AvgIpc) is 3.15. The lowest BCUT2D eigenvalue weighted by Gasteiger charge is -2.07. The van der Waals surface area contributed by atoms with Gasteiger partial charge < -0.3 is 9.47 Å². The zero-order valence-electron chi connectivity index (χ0n) is 17.0. The fourth-order valence-corrected chi connectivity index (χ4v) is 3.83. The highest BCUT2D eigenvalue weighted by molar-refractivity contribution is 7.16. The van der Waals surface area contributed by atoms with Crippen molar-refractivity contribution in [2.24, 2.45) is 0 Å². The number of rotatable bonds is 9. The maximum absolute atomic E-state index is 12.4. The molecule has 0 bridgehead atoms. The fraction of sp³-hybridized carbons (Fsp3) is 0.261. The molecule has 7 heteroatoms. The molecule has 3 rings (SSSR count). The standard InChI is InChI=1S/C23H24N2O4S/c1-3-16-9-8-12-18(13-16)29-15-20(26)24-23-25-22(17-10-6-5-7-11-17)19(30-23)14-21(27)28-4-2/h5-13H,3-4,14-15H2,1-2H3,(H,24,25,26). The Balaban J connectivity index is 1.71. The Morgan fingerprint density at radius 1 is 1.07 bits per heavy atom. The number of benzene rings is 2. The molecule has 0 aliphatic rings. The van der Waals surface area contributed by atoms with Crippen molar-refractivity contribution in [3.63, 3.8) is 0 Å². The predicted molar refractivity (Wildman–Crippen MR) is 118 cm³/mol. The zero-order chi connectivity index (χ0) is 21.3. The van der Waals surface area contributed by atoms with E-state index in [2.05, 4.69) is 17.2 Å². The third kappa shape index (κ3) is 5.90. The second-order valence-electron chi connectivity index (χ2n) is 6.48. The van der Waals surface area contributed by atoms with Crippen LogP contribution in [0.5, 0.6) is 5.75 Å². The van der Waals surface area contributed by atoms with E-state index in [-0.39, 0.29) is 24.9 Å². The Hall–Kier alpha value is -3.19. The van der Waals surface area contributed by atoms with Crippen molar-refractivity contribution in [2.75, 3.05) is 18.5 Å². The molecule has 6 nitrogen and oxygen atoms in total. The average molecular weight is 425 g/mol. The molecule has 30 heavy (non-hydrogen) atoms. The number of anilines is 1. The van der Waals surface area contributed by atoms with Gasteiger partial charge in [0.2, 0.25) is 0 Å². The van der Waals surface area contributed by atoms with Gasteiger partial charge in [-0.25, -0.2) is 4.98 Å². The summed E-state index contributed by atoms with van der Waals surface area (Å²) in [6.45, 7) is 4.02. The van der Waals surface area contributed by atoms with Gasteiger partial charge in [-0.2, -0.15) is 0 Å². The summed E-state index contributed by atoms with van der Waals surface area (Å²) in [5.74, 6) is 0.0138. The number of aromatic nitrogens is 1. The molecule has 0 aliphatic heterocycles. The zero-order valence-corrected chi connectivity index (χ0v) is 17.8. The number of carbonyl (C=O) groups is 2. The lowest BCUT2D eigenvalue weighted by Crippen LogP contribution is -2.20. The maximum Gasteiger partial charge on any atom is 0.311 e. The Morgan fingerprint density at radius 2 is 1.87 bits per heavy atom. The quantitative estimate of drug-likeness (QED) is 0.512. The first-order chi connectivity index (χ1) is 14.6. The molecule has 0 radical (unpaired) electrons. The van der Waals surface area contributed by atoms with E-state index in [4.69, 9.17) is 9.47 Å². The second-order valence-corrected chi connectivity index (χ2v) is 7.56. The number of hydrogen-bond acceptors (Lipinski definition) is 6. The van der Waals surface area contributed by atoms with E-state index < -0.39 is 0 Å². The predicted octanol–water partition coefficient (Wildman–Crippen LogP) is 4.50. The van der Waals surface area contributed by atoms with Crippen LogP contribution in [0.4, 0.5) is 5.13 Å². The van der Waals surface area contributed by atoms with Gasteiger partial charge in [-0.05, 0) is 31.0 Å². The molecule has 0 fully saturated rings. The van der Waals surface area contributed by atoms with Crippen molar-refractivity contribution in [2.45, 2.75) is 26.7 Å². The molecule has 0 spiro atoms. The smallest absolute Gasteiger partial charge is 0.311 e. The molecule has 156 valence electrons. The van der Waals surface area contributed by atoms with Crippen molar-refractivity contribution in [3.8, 4) is 17.0 Å². The van der Waals surface area contributed by atoms with Gasteiger partial charge in [0.1, 0.15) is 5.75 Å². The monoisotopic (exact) mass is 424 g/mol. The van der Waals surface area contributed by atoms with Crippen LogP contribution in [0.25, 0.3) is 11.3 Å². The molecule has 0 atom stereocenters. The summed E-state index contributed by atoms with van der Waals surface area (Å²) in [4.78, 5) is 29.6.